The van der Waals surface area contributed by atoms with E-state index in [9.17, 15) is 15.0 Å². The highest BCUT2D eigenvalue weighted by molar-refractivity contribution is 5.98. The second-order valence-electron chi connectivity index (χ2n) is 12.2. The van der Waals surface area contributed by atoms with Crippen LogP contribution in [0.1, 0.15) is 79.6 Å². The Balaban J connectivity index is 1.52. The van der Waals surface area contributed by atoms with Gasteiger partial charge in [0.1, 0.15) is 0 Å². The van der Waals surface area contributed by atoms with Crippen molar-refractivity contribution >= 4 is 5.91 Å². The van der Waals surface area contributed by atoms with Gasteiger partial charge in [-0.3, -0.25) is 4.79 Å². The van der Waals surface area contributed by atoms with Gasteiger partial charge in [0.25, 0.3) is 0 Å². The lowest BCUT2D eigenvalue weighted by Crippen LogP contribution is -2.46. The summed E-state index contributed by atoms with van der Waals surface area (Å²) >= 11 is 0. The third kappa shape index (κ3) is 3.10. The zero-order valence-electron chi connectivity index (χ0n) is 20.5. The van der Waals surface area contributed by atoms with E-state index in [0.29, 0.717) is 24.8 Å². The minimum absolute atomic E-state index is 0.0170. The molecule has 3 fully saturated rings. The van der Waals surface area contributed by atoms with Gasteiger partial charge < -0.3 is 19.8 Å². The van der Waals surface area contributed by atoms with Crippen molar-refractivity contribution in [3.05, 3.63) is 22.8 Å². The van der Waals surface area contributed by atoms with Gasteiger partial charge in [0.05, 0.1) is 30.0 Å². The van der Waals surface area contributed by atoms with Gasteiger partial charge in [0.2, 0.25) is 5.91 Å². The second-order valence-corrected chi connectivity index (χ2v) is 12.2. The molecule has 2 heterocycles. The number of β-amino-alcohol motifs (C(OH)–C–C–N with tert-alkyl or cyclic N) is 1. The molecule has 5 heteroatoms. The number of carbonyl (C=O) groups excluding carboxylic acids is 1. The standard InChI is InChI=1S/C27H41NO4/c1-16(2)12-18-13-17(3)27(32-18)9-8-25(4)14-20-23-19(6-7-22(25)27)24(30)28(10-11-29)21(23)15-26(20,5)31/h12,17-18,20-22,29,31H,6-11,13-15H2,1-5H3. The summed E-state index contributed by atoms with van der Waals surface area (Å²) in [6.07, 6.45) is 8.99. The first-order chi connectivity index (χ1) is 15.0. The van der Waals surface area contributed by atoms with Crippen molar-refractivity contribution in [1.82, 2.24) is 4.90 Å². The molecule has 1 amide bonds. The van der Waals surface area contributed by atoms with Crippen molar-refractivity contribution in [3.8, 4) is 0 Å². The van der Waals surface area contributed by atoms with E-state index >= 15 is 0 Å². The molecule has 5 nitrogen and oxygen atoms in total. The monoisotopic (exact) mass is 443 g/mol. The van der Waals surface area contributed by atoms with Gasteiger partial charge >= 0.3 is 0 Å². The van der Waals surface area contributed by atoms with E-state index in [4.69, 9.17) is 4.74 Å². The van der Waals surface area contributed by atoms with E-state index in [1.165, 1.54) is 11.1 Å². The fourth-order valence-corrected chi connectivity index (χ4v) is 8.50. The molecule has 3 aliphatic carbocycles. The van der Waals surface area contributed by atoms with Crippen LogP contribution in [0.2, 0.25) is 0 Å². The lowest BCUT2D eigenvalue weighted by atomic mass is 9.62. The van der Waals surface area contributed by atoms with Crippen LogP contribution in [0.4, 0.5) is 0 Å². The van der Waals surface area contributed by atoms with Crippen molar-refractivity contribution in [2.24, 2.45) is 23.2 Å². The molecule has 0 aromatic rings. The predicted molar refractivity (Wildman–Crippen MR) is 124 cm³/mol. The molecular weight excluding hydrogens is 402 g/mol. The summed E-state index contributed by atoms with van der Waals surface area (Å²) in [6, 6.07) is -0.0381. The molecule has 2 N–H and O–H groups in total. The molecular formula is C27H41NO4. The number of aliphatic hydroxyl groups is 2. The highest BCUT2D eigenvalue weighted by atomic mass is 16.5. The van der Waals surface area contributed by atoms with Crippen LogP contribution in [-0.2, 0) is 9.53 Å². The predicted octanol–water partition coefficient (Wildman–Crippen LogP) is 3.99. The second kappa shape index (κ2) is 7.41. The van der Waals surface area contributed by atoms with Gasteiger partial charge in [-0.2, -0.15) is 0 Å². The maximum atomic E-state index is 13.4. The molecule has 178 valence electrons. The van der Waals surface area contributed by atoms with Crippen molar-refractivity contribution in [1.29, 1.82) is 0 Å². The Morgan fingerprint density at radius 2 is 2.00 bits per heavy atom. The summed E-state index contributed by atoms with van der Waals surface area (Å²) in [6.45, 7) is 11.4. The van der Waals surface area contributed by atoms with E-state index in [0.717, 1.165) is 44.1 Å². The van der Waals surface area contributed by atoms with Crippen LogP contribution in [0.25, 0.3) is 0 Å². The smallest absolute Gasteiger partial charge is 0.250 e. The molecule has 1 spiro atoms. The van der Waals surface area contributed by atoms with Crippen LogP contribution < -0.4 is 0 Å². The maximum Gasteiger partial charge on any atom is 0.250 e. The van der Waals surface area contributed by atoms with Gasteiger partial charge in [0.15, 0.2) is 0 Å². The molecule has 0 aromatic carbocycles. The van der Waals surface area contributed by atoms with Crippen LogP contribution in [-0.4, -0.2) is 57.5 Å². The first-order valence-electron chi connectivity index (χ1n) is 12.7. The summed E-state index contributed by atoms with van der Waals surface area (Å²) in [5.41, 5.74) is 2.59. The summed E-state index contributed by atoms with van der Waals surface area (Å²) in [5.74, 6) is 0.996. The largest absolute Gasteiger partial charge is 0.395 e. The third-order valence-electron chi connectivity index (χ3n) is 9.86. The molecule has 0 bridgehead atoms. The van der Waals surface area contributed by atoms with E-state index in [1.807, 2.05) is 11.8 Å². The number of nitrogens with zero attached hydrogens (tertiary/aromatic N) is 1. The Bertz CT molecular complexity index is 871. The Hall–Kier alpha value is -1.17. The van der Waals surface area contributed by atoms with Gasteiger partial charge in [-0.1, -0.05) is 25.5 Å². The van der Waals surface area contributed by atoms with Crippen molar-refractivity contribution in [3.63, 3.8) is 0 Å². The number of aliphatic hydroxyl groups excluding tert-OH is 1. The molecule has 0 aromatic heterocycles. The molecule has 32 heavy (non-hydrogen) atoms. The number of amides is 1. The number of hydrogen-bond acceptors (Lipinski definition) is 4. The fraction of sp³-hybridized carbons (Fsp3) is 0.815. The molecule has 2 aliphatic heterocycles. The number of fused-ring (bicyclic) bond motifs is 2. The number of carbonyl (C=O) groups is 1. The van der Waals surface area contributed by atoms with Gasteiger partial charge in [-0.05, 0) is 82.1 Å². The highest BCUT2D eigenvalue weighted by Gasteiger charge is 2.64. The van der Waals surface area contributed by atoms with Crippen molar-refractivity contribution in [2.45, 2.75) is 103 Å². The van der Waals surface area contributed by atoms with Crippen LogP contribution in [0, 0.1) is 23.2 Å². The van der Waals surface area contributed by atoms with E-state index in [-0.39, 0.29) is 41.6 Å². The first-order valence-corrected chi connectivity index (χ1v) is 12.7. The van der Waals surface area contributed by atoms with E-state index in [1.54, 1.807) is 0 Å². The van der Waals surface area contributed by atoms with Crippen LogP contribution >= 0.6 is 0 Å². The van der Waals surface area contributed by atoms with Gasteiger partial charge in [0, 0.05) is 24.5 Å². The molecule has 1 saturated heterocycles. The van der Waals surface area contributed by atoms with Gasteiger partial charge in [-0.15, -0.1) is 0 Å². The summed E-state index contributed by atoms with van der Waals surface area (Å²) in [4.78, 5) is 15.2. The highest BCUT2D eigenvalue weighted by Crippen LogP contribution is 2.65. The van der Waals surface area contributed by atoms with Crippen molar-refractivity contribution < 1.29 is 19.7 Å². The van der Waals surface area contributed by atoms with Crippen LogP contribution in [0.15, 0.2) is 22.8 Å². The number of ether oxygens (including phenoxy) is 1. The molecule has 0 radical (unpaired) electrons. The van der Waals surface area contributed by atoms with Crippen LogP contribution in [0.3, 0.4) is 0 Å². The Kier molecular flexibility index (Phi) is 5.24. The Morgan fingerprint density at radius 3 is 2.69 bits per heavy atom. The summed E-state index contributed by atoms with van der Waals surface area (Å²) < 4.78 is 6.91. The normalized spacial score (nSPS) is 47.7. The quantitative estimate of drug-likeness (QED) is 0.647. The Labute approximate surface area is 192 Å². The minimum atomic E-state index is -0.812. The molecule has 2 saturated carbocycles. The molecule has 8 atom stereocenters. The maximum absolute atomic E-state index is 13.4. The first kappa shape index (κ1) is 22.6. The van der Waals surface area contributed by atoms with E-state index in [2.05, 4.69) is 33.8 Å². The fourth-order valence-electron chi connectivity index (χ4n) is 8.50. The Morgan fingerprint density at radius 1 is 1.25 bits per heavy atom. The van der Waals surface area contributed by atoms with E-state index < -0.39 is 5.60 Å². The average molecular weight is 444 g/mol. The topological polar surface area (TPSA) is 70.0 Å². The zero-order valence-corrected chi connectivity index (χ0v) is 20.5. The zero-order chi connectivity index (χ0) is 23.1. The number of hydrogen-bond donors (Lipinski definition) is 2. The summed E-state index contributed by atoms with van der Waals surface area (Å²) in [5, 5.41) is 21.1. The van der Waals surface area contributed by atoms with Crippen molar-refractivity contribution in [2.75, 3.05) is 13.2 Å². The average Bonchev–Trinajstić information content (AvgIpc) is 3.30. The molecule has 5 rings (SSSR count). The van der Waals surface area contributed by atoms with Crippen LogP contribution in [0.5, 0.6) is 0 Å². The van der Waals surface area contributed by atoms with Gasteiger partial charge in [-0.25, -0.2) is 0 Å². The molecule has 5 aliphatic rings. The number of allylic oxidation sites excluding steroid dienone is 1. The number of rotatable bonds is 3. The lowest BCUT2D eigenvalue weighted by Gasteiger charge is -2.45. The summed E-state index contributed by atoms with van der Waals surface area (Å²) in [7, 11) is 0. The SMILES string of the molecule is CC(C)=CC1CC(C)C2(CCC3(C)CC4C5=C(CCC32)C(=O)N(CCO)C5CC4(C)O)O1. The minimum Gasteiger partial charge on any atom is -0.395 e. The lowest BCUT2D eigenvalue weighted by molar-refractivity contribution is -0.129. The third-order valence-corrected chi connectivity index (χ3v) is 9.86. The molecule has 8 unspecified atom stereocenters.